The lowest BCUT2D eigenvalue weighted by atomic mass is 10.1. The van der Waals surface area contributed by atoms with Gasteiger partial charge in [-0.2, -0.15) is 0 Å². The van der Waals surface area contributed by atoms with E-state index in [1.54, 1.807) is 32.2 Å². The number of hydrogen-bond acceptors (Lipinski definition) is 5. The third kappa shape index (κ3) is 5.52. The molecule has 6 nitrogen and oxygen atoms in total. The molecule has 3 unspecified atom stereocenters. The summed E-state index contributed by atoms with van der Waals surface area (Å²) in [6.07, 6.45) is 7.60. The van der Waals surface area contributed by atoms with Crippen molar-refractivity contribution in [2.24, 2.45) is 4.99 Å². The molecular formula is C27H25ClF2N4O2S. The van der Waals surface area contributed by atoms with Crippen LogP contribution in [0, 0.1) is 19.7 Å². The van der Waals surface area contributed by atoms with E-state index in [-0.39, 0.29) is 33.0 Å². The SMILES string of the molecule is C/C=C/N=C(/C(F)=C/n1c(C)cc(C2CC2c2nccc(C)n2)c(Cl)c1=O)c1cccc(S(C)=O)c1F. The van der Waals surface area contributed by atoms with E-state index < -0.39 is 28.0 Å². The molecule has 0 aliphatic heterocycles. The maximum Gasteiger partial charge on any atom is 0.273 e. The topological polar surface area (TPSA) is 77.2 Å². The predicted octanol–water partition coefficient (Wildman–Crippen LogP) is 5.85. The molecule has 0 radical (unpaired) electrons. The van der Waals surface area contributed by atoms with E-state index in [9.17, 15) is 9.00 Å². The van der Waals surface area contributed by atoms with E-state index in [1.165, 1.54) is 30.7 Å². The van der Waals surface area contributed by atoms with Gasteiger partial charge >= 0.3 is 0 Å². The quantitative estimate of drug-likeness (QED) is 0.351. The first-order valence-corrected chi connectivity index (χ1v) is 13.5. The fraction of sp³-hybridized carbons (Fsp3) is 0.259. The number of aliphatic imine (C=N–C) groups is 1. The molecular weight excluding hydrogens is 518 g/mol. The van der Waals surface area contributed by atoms with E-state index in [4.69, 9.17) is 11.6 Å². The van der Waals surface area contributed by atoms with Crippen molar-refractivity contribution in [3.63, 3.8) is 0 Å². The predicted molar refractivity (Wildman–Crippen MR) is 143 cm³/mol. The molecule has 192 valence electrons. The Morgan fingerprint density at radius 2 is 2.03 bits per heavy atom. The first-order chi connectivity index (χ1) is 17.6. The summed E-state index contributed by atoms with van der Waals surface area (Å²) in [6, 6.07) is 7.74. The van der Waals surface area contributed by atoms with Crippen LogP contribution in [-0.2, 0) is 10.8 Å². The summed E-state index contributed by atoms with van der Waals surface area (Å²) in [5.41, 5.74) is 0.856. The molecule has 3 atom stereocenters. The maximum atomic E-state index is 15.6. The highest BCUT2D eigenvalue weighted by Gasteiger charge is 2.43. The van der Waals surface area contributed by atoms with Gasteiger partial charge in [0.1, 0.15) is 22.4 Å². The second kappa shape index (κ2) is 11.0. The Morgan fingerprint density at radius 3 is 2.70 bits per heavy atom. The van der Waals surface area contributed by atoms with Crippen LogP contribution in [0.4, 0.5) is 8.78 Å². The smallest absolute Gasteiger partial charge is 0.273 e. The number of aryl methyl sites for hydroxylation is 2. The largest absolute Gasteiger partial charge is 0.284 e. The van der Waals surface area contributed by atoms with Crippen LogP contribution in [-0.4, -0.2) is 30.7 Å². The van der Waals surface area contributed by atoms with E-state index >= 15 is 8.78 Å². The van der Waals surface area contributed by atoms with Crippen LogP contribution in [0.1, 0.15) is 53.5 Å². The Hall–Kier alpha value is -3.30. The molecule has 2 aromatic heterocycles. The molecule has 0 bridgehead atoms. The minimum Gasteiger partial charge on any atom is -0.284 e. The first kappa shape index (κ1) is 26.8. The van der Waals surface area contributed by atoms with Gasteiger partial charge in [-0.05, 0) is 62.9 Å². The third-order valence-corrected chi connectivity index (χ3v) is 7.40. The van der Waals surface area contributed by atoms with Crippen molar-refractivity contribution in [3.05, 3.63) is 104 Å². The van der Waals surface area contributed by atoms with Gasteiger partial charge in [-0.3, -0.25) is 18.6 Å². The average Bonchev–Trinajstić information content (AvgIpc) is 3.66. The second-order valence-corrected chi connectivity index (χ2v) is 10.5. The Balaban J connectivity index is 1.74. The lowest BCUT2D eigenvalue weighted by Gasteiger charge is -2.12. The number of aromatic nitrogens is 3. The number of benzene rings is 1. The number of halogens is 3. The molecule has 2 heterocycles. The van der Waals surface area contributed by atoms with Crippen molar-refractivity contribution < 1.29 is 13.0 Å². The Bertz CT molecular complexity index is 1550. The van der Waals surface area contributed by atoms with Gasteiger partial charge in [0.25, 0.3) is 5.56 Å². The van der Waals surface area contributed by atoms with Crippen molar-refractivity contribution in [2.45, 2.75) is 43.9 Å². The molecule has 1 saturated carbocycles. The van der Waals surface area contributed by atoms with E-state index in [2.05, 4.69) is 15.0 Å². The molecule has 0 amide bonds. The molecule has 10 heteroatoms. The summed E-state index contributed by atoms with van der Waals surface area (Å²) in [7, 11) is -1.63. The summed E-state index contributed by atoms with van der Waals surface area (Å²) in [4.78, 5) is 26.0. The van der Waals surface area contributed by atoms with E-state index in [0.717, 1.165) is 22.9 Å². The molecule has 1 aromatic carbocycles. The second-order valence-electron chi connectivity index (χ2n) is 8.74. The normalized spacial score (nSPS) is 18.9. The number of hydrogen-bond donors (Lipinski definition) is 0. The van der Waals surface area contributed by atoms with E-state index in [0.29, 0.717) is 17.1 Å². The Morgan fingerprint density at radius 1 is 1.27 bits per heavy atom. The number of nitrogens with zero attached hydrogens (tertiary/aromatic N) is 4. The highest BCUT2D eigenvalue weighted by Crippen LogP contribution is 2.54. The standard InChI is InChI=1S/C27H25ClF2N4O2S/c1-5-10-31-25(17-7-6-8-22(24(17)30)37(4)36)21(29)14-34-16(3)12-19(23(28)27(34)35)18-13-20(18)26-32-11-9-15(2)33-26/h5-12,14,18,20H,13H2,1-4H3/b10-5+,21-14-,31-25+. The molecule has 37 heavy (non-hydrogen) atoms. The molecule has 0 N–H and O–H groups in total. The van der Waals surface area contributed by atoms with Crippen molar-refractivity contribution in [2.75, 3.05) is 6.26 Å². The molecule has 1 fully saturated rings. The lowest BCUT2D eigenvalue weighted by molar-refractivity contribution is 0.591. The van der Waals surface area contributed by atoms with Crippen LogP contribution in [0.25, 0.3) is 6.20 Å². The number of pyridine rings is 1. The maximum absolute atomic E-state index is 15.6. The summed E-state index contributed by atoms with van der Waals surface area (Å²) >= 11 is 6.47. The van der Waals surface area contributed by atoms with Crippen LogP contribution >= 0.6 is 11.6 Å². The van der Waals surface area contributed by atoms with Crippen LogP contribution in [0.5, 0.6) is 0 Å². The summed E-state index contributed by atoms with van der Waals surface area (Å²) < 4.78 is 43.7. The monoisotopic (exact) mass is 542 g/mol. The minimum absolute atomic E-state index is 0.0114. The van der Waals surface area contributed by atoms with Gasteiger partial charge in [0, 0.05) is 41.5 Å². The van der Waals surface area contributed by atoms with Gasteiger partial charge < -0.3 is 0 Å². The molecule has 1 aliphatic rings. The highest BCUT2D eigenvalue weighted by atomic mass is 35.5. The summed E-state index contributed by atoms with van der Waals surface area (Å²) in [5.74, 6) is -1.05. The number of allylic oxidation sites excluding steroid dienone is 2. The van der Waals surface area contributed by atoms with Gasteiger partial charge in [-0.15, -0.1) is 0 Å². The summed E-state index contributed by atoms with van der Waals surface area (Å²) in [5, 5.41) is -0.0173. The van der Waals surface area contributed by atoms with Gasteiger partial charge in [0.15, 0.2) is 5.83 Å². The van der Waals surface area contributed by atoms with Crippen molar-refractivity contribution in [3.8, 4) is 0 Å². The summed E-state index contributed by atoms with van der Waals surface area (Å²) in [6.45, 7) is 5.23. The molecule has 4 rings (SSSR count). The van der Waals surface area contributed by atoms with Gasteiger partial charge in [0.2, 0.25) is 0 Å². The Labute approximate surface area is 220 Å². The fourth-order valence-corrected chi connectivity index (χ4v) is 5.07. The fourth-order valence-electron chi connectivity index (χ4n) is 4.15. The minimum atomic E-state index is -1.63. The van der Waals surface area contributed by atoms with Crippen molar-refractivity contribution in [1.29, 1.82) is 0 Å². The zero-order chi connectivity index (χ0) is 26.9. The van der Waals surface area contributed by atoms with Gasteiger partial charge in [-0.1, -0.05) is 23.7 Å². The lowest BCUT2D eigenvalue weighted by Crippen LogP contribution is -2.21. The zero-order valence-electron chi connectivity index (χ0n) is 20.7. The average molecular weight is 543 g/mol. The van der Waals surface area contributed by atoms with Crippen LogP contribution in [0.15, 0.2) is 69.3 Å². The molecule has 0 saturated heterocycles. The van der Waals surface area contributed by atoms with Crippen molar-refractivity contribution >= 4 is 34.3 Å². The molecule has 0 spiro atoms. The van der Waals surface area contributed by atoms with Crippen LogP contribution in [0.2, 0.25) is 5.02 Å². The molecule has 3 aromatic rings. The van der Waals surface area contributed by atoms with Crippen molar-refractivity contribution in [1.82, 2.24) is 14.5 Å². The van der Waals surface area contributed by atoms with Gasteiger partial charge in [0.05, 0.1) is 21.9 Å². The van der Waals surface area contributed by atoms with E-state index in [1.807, 2.05) is 13.0 Å². The number of rotatable bonds is 7. The van der Waals surface area contributed by atoms with Gasteiger partial charge in [-0.25, -0.2) is 18.7 Å². The zero-order valence-corrected chi connectivity index (χ0v) is 22.3. The van der Waals surface area contributed by atoms with Crippen LogP contribution in [0.3, 0.4) is 0 Å². The highest BCUT2D eigenvalue weighted by molar-refractivity contribution is 7.84. The Kier molecular flexibility index (Phi) is 7.94. The third-order valence-electron chi connectivity index (χ3n) is 6.09. The first-order valence-electron chi connectivity index (χ1n) is 11.5. The van der Waals surface area contributed by atoms with Crippen LogP contribution < -0.4 is 5.56 Å². The molecule has 1 aliphatic carbocycles.